The van der Waals surface area contributed by atoms with E-state index in [-0.39, 0.29) is 11.9 Å². The van der Waals surface area contributed by atoms with E-state index in [4.69, 9.17) is 0 Å². The van der Waals surface area contributed by atoms with Gasteiger partial charge in [0.2, 0.25) is 15.9 Å². The van der Waals surface area contributed by atoms with Gasteiger partial charge in [0.05, 0.1) is 18.3 Å². The van der Waals surface area contributed by atoms with Crippen LogP contribution in [0, 0.1) is 0 Å². The molecule has 1 aliphatic rings. The summed E-state index contributed by atoms with van der Waals surface area (Å²) in [5.41, 5.74) is 2.45. The van der Waals surface area contributed by atoms with Crippen molar-refractivity contribution in [2.45, 2.75) is 38.8 Å². The first kappa shape index (κ1) is 16.0. The zero-order valence-corrected chi connectivity index (χ0v) is 13.5. The summed E-state index contributed by atoms with van der Waals surface area (Å²) in [6.07, 6.45) is 2.69. The first-order valence-electron chi connectivity index (χ1n) is 7.19. The van der Waals surface area contributed by atoms with Crippen LogP contribution in [-0.4, -0.2) is 38.1 Å². The molecular weight excluding hydrogens is 288 g/mol. The molecule has 0 radical (unpaired) electrons. The summed E-state index contributed by atoms with van der Waals surface area (Å²) in [7, 11) is -3.39. The highest BCUT2D eigenvalue weighted by Gasteiger charge is 2.32. The third-order valence-corrected chi connectivity index (χ3v) is 4.63. The molecule has 1 aromatic carbocycles. The van der Waals surface area contributed by atoms with Crippen molar-refractivity contribution in [3.8, 4) is 0 Å². The number of benzene rings is 1. The maximum atomic E-state index is 12.6. The van der Waals surface area contributed by atoms with Gasteiger partial charge in [0, 0.05) is 6.54 Å². The van der Waals surface area contributed by atoms with E-state index in [0.29, 0.717) is 6.54 Å². The molecule has 1 N–H and O–H groups in total. The van der Waals surface area contributed by atoms with Crippen LogP contribution in [0.5, 0.6) is 0 Å². The highest BCUT2D eigenvalue weighted by molar-refractivity contribution is 7.88. The van der Waals surface area contributed by atoms with Gasteiger partial charge >= 0.3 is 0 Å². The zero-order valence-electron chi connectivity index (χ0n) is 12.7. The lowest BCUT2D eigenvalue weighted by Crippen LogP contribution is -2.49. The monoisotopic (exact) mass is 310 g/mol. The number of hydrogen-bond acceptors (Lipinski definition) is 3. The minimum absolute atomic E-state index is 0.0197. The summed E-state index contributed by atoms with van der Waals surface area (Å²) in [6.45, 7) is 4.27. The molecule has 0 unspecified atom stereocenters. The van der Waals surface area contributed by atoms with Gasteiger partial charge in [-0.25, -0.2) is 13.1 Å². The fourth-order valence-electron chi connectivity index (χ4n) is 2.98. The molecule has 5 nitrogen and oxygen atoms in total. The van der Waals surface area contributed by atoms with Crippen molar-refractivity contribution in [3.05, 3.63) is 35.4 Å². The Labute approximate surface area is 126 Å². The standard InChI is InChI=1S/C15H22N2O3S/c1-4-14-13-8-6-5-7-12(13)9-10-17(14)15(18)11(2)16-21(3,19)20/h5-8,11,14,16H,4,9-10H2,1-3H3/t11-,14+/m1/s1. The number of hydrogen-bond donors (Lipinski definition) is 1. The van der Waals surface area contributed by atoms with Crippen molar-refractivity contribution in [1.29, 1.82) is 0 Å². The van der Waals surface area contributed by atoms with E-state index in [9.17, 15) is 13.2 Å². The Kier molecular flexibility index (Phi) is 4.68. The van der Waals surface area contributed by atoms with Crippen LogP contribution in [0.4, 0.5) is 0 Å². The smallest absolute Gasteiger partial charge is 0.240 e. The van der Waals surface area contributed by atoms with Crippen molar-refractivity contribution in [3.63, 3.8) is 0 Å². The predicted octanol–water partition coefficient (Wildman–Crippen LogP) is 1.46. The zero-order chi connectivity index (χ0) is 15.6. The van der Waals surface area contributed by atoms with Crippen LogP contribution in [0.15, 0.2) is 24.3 Å². The van der Waals surface area contributed by atoms with Crippen LogP contribution in [-0.2, 0) is 21.2 Å². The predicted molar refractivity (Wildman–Crippen MR) is 82.3 cm³/mol. The Morgan fingerprint density at radius 3 is 2.71 bits per heavy atom. The van der Waals surface area contributed by atoms with Gasteiger partial charge in [0.1, 0.15) is 0 Å². The van der Waals surface area contributed by atoms with Gasteiger partial charge in [-0.3, -0.25) is 4.79 Å². The second kappa shape index (κ2) is 6.15. The molecule has 116 valence electrons. The first-order chi connectivity index (χ1) is 9.83. The van der Waals surface area contributed by atoms with Gasteiger partial charge in [0.15, 0.2) is 0 Å². The lowest BCUT2D eigenvalue weighted by atomic mass is 9.90. The molecular formula is C15H22N2O3S. The average Bonchev–Trinajstić information content (AvgIpc) is 2.43. The maximum absolute atomic E-state index is 12.6. The van der Waals surface area contributed by atoms with Crippen molar-refractivity contribution in [2.75, 3.05) is 12.8 Å². The molecule has 2 rings (SSSR count). The Bertz CT molecular complexity index is 628. The molecule has 6 heteroatoms. The fourth-order valence-corrected chi connectivity index (χ4v) is 3.72. The Morgan fingerprint density at radius 2 is 2.10 bits per heavy atom. The van der Waals surface area contributed by atoms with Gasteiger partial charge in [0.25, 0.3) is 0 Å². The van der Waals surface area contributed by atoms with E-state index >= 15 is 0 Å². The van der Waals surface area contributed by atoms with Crippen LogP contribution < -0.4 is 4.72 Å². The molecule has 1 aromatic rings. The lowest BCUT2D eigenvalue weighted by Gasteiger charge is -2.38. The van der Waals surface area contributed by atoms with E-state index in [1.165, 1.54) is 11.1 Å². The molecule has 2 atom stereocenters. The van der Waals surface area contributed by atoms with Crippen LogP contribution in [0.3, 0.4) is 0 Å². The molecule has 0 aliphatic carbocycles. The molecule has 1 aliphatic heterocycles. The quantitative estimate of drug-likeness (QED) is 0.915. The van der Waals surface area contributed by atoms with E-state index in [1.807, 2.05) is 19.1 Å². The van der Waals surface area contributed by atoms with Crippen molar-refractivity contribution in [1.82, 2.24) is 9.62 Å². The fraction of sp³-hybridized carbons (Fsp3) is 0.533. The summed E-state index contributed by atoms with van der Waals surface area (Å²) < 4.78 is 25.0. The van der Waals surface area contributed by atoms with Crippen molar-refractivity contribution in [2.24, 2.45) is 0 Å². The number of carbonyl (C=O) groups is 1. The average molecular weight is 310 g/mol. The van der Waals surface area contributed by atoms with E-state index in [0.717, 1.165) is 19.1 Å². The van der Waals surface area contributed by atoms with Crippen molar-refractivity contribution >= 4 is 15.9 Å². The summed E-state index contributed by atoms with van der Waals surface area (Å²) in [6, 6.07) is 7.42. The third kappa shape index (κ3) is 3.63. The van der Waals surface area contributed by atoms with Crippen LogP contribution in [0.2, 0.25) is 0 Å². The number of nitrogens with one attached hydrogen (secondary N) is 1. The summed E-state index contributed by atoms with van der Waals surface area (Å²) in [5.74, 6) is -0.165. The Balaban J connectivity index is 2.23. The van der Waals surface area contributed by atoms with Crippen LogP contribution in [0.25, 0.3) is 0 Å². The largest absolute Gasteiger partial charge is 0.334 e. The summed E-state index contributed by atoms with van der Waals surface area (Å²) in [4.78, 5) is 14.4. The topological polar surface area (TPSA) is 66.5 Å². The van der Waals surface area contributed by atoms with E-state index in [2.05, 4.69) is 16.9 Å². The number of carbonyl (C=O) groups excluding carboxylic acids is 1. The first-order valence-corrected chi connectivity index (χ1v) is 9.08. The molecule has 0 spiro atoms. The van der Waals surface area contributed by atoms with E-state index < -0.39 is 16.1 Å². The number of nitrogens with zero attached hydrogens (tertiary/aromatic N) is 1. The number of fused-ring (bicyclic) bond motifs is 1. The van der Waals surface area contributed by atoms with Gasteiger partial charge < -0.3 is 4.90 Å². The highest BCUT2D eigenvalue weighted by atomic mass is 32.2. The number of rotatable bonds is 4. The van der Waals surface area contributed by atoms with Gasteiger partial charge in [-0.2, -0.15) is 0 Å². The van der Waals surface area contributed by atoms with Crippen LogP contribution in [0.1, 0.15) is 37.4 Å². The molecule has 1 heterocycles. The normalized spacial score (nSPS) is 20.0. The summed E-state index contributed by atoms with van der Waals surface area (Å²) in [5, 5.41) is 0. The molecule has 0 fully saturated rings. The van der Waals surface area contributed by atoms with Gasteiger partial charge in [-0.05, 0) is 30.9 Å². The second-order valence-electron chi connectivity index (χ2n) is 5.52. The molecule has 0 saturated heterocycles. The second-order valence-corrected chi connectivity index (χ2v) is 7.30. The minimum Gasteiger partial charge on any atom is -0.334 e. The lowest BCUT2D eigenvalue weighted by molar-refractivity contribution is -0.135. The maximum Gasteiger partial charge on any atom is 0.240 e. The van der Waals surface area contributed by atoms with Gasteiger partial charge in [-0.1, -0.05) is 31.2 Å². The molecule has 0 saturated carbocycles. The van der Waals surface area contributed by atoms with E-state index in [1.54, 1.807) is 11.8 Å². The minimum atomic E-state index is -3.39. The summed E-state index contributed by atoms with van der Waals surface area (Å²) >= 11 is 0. The third-order valence-electron chi connectivity index (χ3n) is 3.84. The number of amides is 1. The molecule has 21 heavy (non-hydrogen) atoms. The molecule has 1 amide bonds. The number of sulfonamides is 1. The highest BCUT2D eigenvalue weighted by Crippen LogP contribution is 2.32. The van der Waals surface area contributed by atoms with Gasteiger partial charge in [-0.15, -0.1) is 0 Å². The Hall–Kier alpha value is -1.40. The molecule has 0 aromatic heterocycles. The Morgan fingerprint density at radius 1 is 1.43 bits per heavy atom. The SMILES string of the molecule is CC[C@H]1c2ccccc2CCN1C(=O)[C@@H](C)NS(C)(=O)=O. The van der Waals surface area contributed by atoms with Crippen molar-refractivity contribution < 1.29 is 13.2 Å². The molecule has 0 bridgehead atoms. The van der Waals surface area contributed by atoms with Crippen LogP contribution >= 0.6 is 0 Å².